The molecule has 17 heavy (non-hydrogen) atoms. The van der Waals surface area contributed by atoms with Crippen molar-refractivity contribution < 1.29 is 4.79 Å². The first-order valence-electron chi connectivity index (χ1n) is 5.24. The molecule has 0 bridgehead atoms. The van der Waals surface area contributed by atoms with E-state index >= 15 is 0 Å². The van der Waals surface area contributed by atoms with E-state index in [0.29, 0.717) is 5.75 Å². The number of carbonyl (C=O) groups is 1. The highest BCUT2D eigenvalue weighted by Crippen LogP contribution is 2.15. The molecule has 0 unspecified atom stereocenters. The lowest BCUT2D eigenvalue weighted by molar-refractivity contribution is 0.102. The van der Waals surface area contributed by atoms with E-state index in [9.17, 15) is 4.79 Å². The molecule has 0 aliphatic carbocycles. The van der Waals surface area contributed by atoms with Gasteiger partial charge < -0.3 is 0 Å². The van der Waals surface area contributed by atoms with Gasteiger partial charge in [-0.25, -0.2) is 4.98 Å². The predicted octanol–water partition coefficient (Wildman–Crippen LogP) is 2.76. The van der Waals surface area contributed by atoms with Crippen LogP contribution in [-0.2, 0) is 0 Å². The normalized spacial score (nSPS) is 10.2. The molecule has 0 saturated carbocycles. The summed E-state index contributed by atoms with van der Waals surface area (Å²) in [6.45, 7) is 1.98. The van der Waals surface area contributed by atoms with Crippen molar-refractivity contribution in [1.29, 1.82) is 0 Å². The molecule has 0 saturated heterocycles. The van der Waals surface area contributed by atoms with Crippen LogP contribution >= 0.6 is 11.8 Å². The topological polar surface area (TPSA) is 42.9 Å². The minimum Gasteiger partial charge on any atom is -0.293 e. The van der Waals surface area contributed by atoms with E-state index in [1.54, 1.807) is 18.6 Å². The third-order valence-electron chi connectivity index (χ3n) is 2.23. The largest absolute Gasteiger partial charge is 0.293 e. The van der Waals surface area contributed by atoms with Gasteiger partial charge in [-0.05, 0) is 13.0 Å². The number of aromatic nitrogens is 2. The molecule has 1 aromatic heterocycles. The van der Waals surface area contributed by atoms with E-state index in [1.807, 2.05) is 31.2 Å². The fourth-order valence-corrected chi connectivity index (χ4v) is 2.12. The molecule has 2 rings (SSSR count). The Labute approximate surface area is 104 Å². The summed E-state index contributed by atoms with van der Waals surface area (Å²) in [5, 5.41) is 0.772. The van der Waals surface area contributed by atoms with Gasteiger partial charge in [-0.3, -0.25) is 9.78 Å². The highest BCUT2D eigenvalue weighted by molar-refractivity contribution is 7.99. The van der Waals surface area contributed by atoms with Gasteiger partial charge in [-0.1, -0.05) is 35.5 Å². The number of aryl methyl sites for hydroxylation is 1. The second-order valence-electron chi connectivity index (χ2n) is 3.62. The summed E-state index contributed by atoms with van der Waals surface area (Å²) in [5.74, 6) is 0.506. The lowest BCUT2D eigenvalue weighted by Crippen LogP contribution is -2.02. The Morgan fingerprint density at radius 1 is 1.35 bits per heavy atom. The number of carbonyl (C=O) groups excluding carboxylic acids is 1. The molecule has 0 aliphatic rings. The van der Waals surface area contributed by atoms with Gasteiger partial charge in [0.15, 0.2) is 5.78 Å². The van der Waals surface area contributed by atoms with Crippen LogP contribution < -0.4 is 0 Å². The van der Waals surface area contributed by atoms with Crippen molar-refractivity contribution in [2.45, 2.75) is 11.9 Å². The summed E-state index contributed by atoms with van der Waals surface area (Å²) in [5.41, 5.74) is 1.85. The van der Waals surface area contributed by atoms with Crippen LogP contribution in [0.4, 0.5) is 0 Å². The zero-order valence-electron chi connectivity index (χ0n) is 9.46. The van der Waals surface area contributed by atoms with Crippen molar-refractivity contribution in [3.63, 3.8) is 0 Å². The maximum atomic E-state index is 11.9. The second-order valence-corrected chi connectivity index (χ2v) is 4.62. The molecule has 1 heterocycles. The smallest absolute Gasteiger partial charge is 0.173 e. The van der Waals surface area contributed by atoms with E-state index in [1.165, 1.54) is 11.8 Å². The Balaban J connectivity index is 1.98. The highest BCUT2D eigenvalue weighted by atomic mass is 32.2. The first-order chi connectivity index (χ1) is 8.25. The van der Waals surface area contributed by atoms with Crippen molar-refractivity contribution in [2.75, 3.05) is 5.75 Å². The van der Waals surface area contributed by atoms with Gasteiger partial charge in [0.2, 0.25) is 0 Å². The summed E-state index contributed by atoms with van der Waals surface area (Å²) >= 11 is 1.41. The number of hydrogen-bond acceptors (Lipinski definition) is 4. The quantitative estimate of drug-likeness (QED) is 0.612. The van der Waals surface area contributed by atoms with E-state index in [0.717, 1.165) is 16.2 Å². The van der Waals surface area contributed by atoms with E-state index in [-0.39, 0.29) is 5.78 Å². The monoisotopic (exact) mass is 244 g/mol. The molecule has 0 fully saturated rings. The zero-order chi connectivity index (χ0) is 12.1. The van der Waals surface area contributed by atoms with Crippen LogP contribution in [0, 0.1) is 6.92 Å². The average Bonchev–Trinajstić information content (AvgIpc) is 2.37. The first-order valence-corrected chi connectivity index (χ1v) is 6.23. The zero-order valence-corrected chi connectivity index (χ0v) is 10.3. The molecular formula is C13H12N2OS. The van der Waals surface area contributed by atoms with Gasteiger partial charge in [-0.15, -0.1) is 0 Å². The molecule has 4 heteroatoms. The fourth-order valence-electron chi connectivity index (χ4n) is 1.40. The van der Waals surface area contributed by atoms with Gasteiger partial charge in [0, 0.05) is 18.0 Å². The van der Waals surface area contributed by atoms with Crippen molar-refractivity contribution >= 4 is 17.5 Å². The summed E-state index contributed by atoms with van der Waals surface area (Å²) in [4.78, 5) is 20.0. The Kier molecular flexibility index (Phi) is 3.88. The van der Waals surface area contributed by atoms with E-state index in [4.69, 9.17) is 0 Å². The second kappa shape index (κ2) is 5.59. The van der Waals surface area contributed by atoms with Crippen molar-refractivity contribution in [3.05, 3.63) is 54.0 Å². The summed E-state index contributed by atoms with van der Waals surface area (Å²) in [7, 11) is 0. The number of thioether (sulfide) groups is 1. The first kappa shape index (κ1) is 11.8. The molecular weight excluding hydrogens is 232 g/mol. The molecule has 3 nitrogen and oxygen atoms in total. The minimum atomic E-state index is 0.115. The van der Waals surface area contributed by atoms with Crippen LogP contribution in [0.3, 0.4) is 0 Å². The average molecular weight is 244 g/mol. The maximum absolute atomic E-state index is 11.9. The van der Waals surface area contributed by atoms with Crippen molar-refractivity contribution in [1.82, 2.24) is 9.97 Å². The maximum Gasteiger partial charge on any atom is 0.173 e. The van der Waals surface area contributed by atoms with Crippen molar-refractivity contribution in [2.24, 2.45) is 0 Å². The number of hydrogen-bond donors (Lipinski definition) is 0. The van der Waals surface area contributed by atoms with Gasteiger partial charge in [0.25, 0.3) is 0 Å². The fraction of sp³-hybridized carbons (Fsp3) is 0.154. The lowest BCUT2D eigenvalue weighted by atomic mass is 10.1. The van der Waals surface area contributed by atoms with Crippen LogP contribution in [0.2, 0.25) is 0 Å². The lowest BCUT2D eigenvalue weighted by Gasteiger charge is -2.01. The summed E-state index contributed by atoms with van der Waals surface area (Å²) in [6, 6.07) is 7.62. The molecule has 0 amide bonds. The van der Waals surface area contributed by atoms with Crippen LogP contribution in [0.25, 0.3) is 0 Å². The van der Waals surface area contributed by atoms with E-state index < -0.39 is 0 Å². The van der Waals surface area contributed by atoms with Crippen LogP contribution in [-0.4, -0.2) is 21.5 Å². The molecule has 86 valence electrons. The molecule has 0 N–H and O–H groups in total. The molecule has 0 radical (unpaired) electrons. The van der Waals surface area contributed by atoms with Crippen LogP contribution in [0.5, 0.6) is 0 Å². The number of Topliss-reactive ketones (excluding diaryl/α,β-unsaturated/α-hetero) is 1. The van der Waals surface area contributed by atoms with Gasteiger partial charge >= 0.3 is 0 Å². The van der Waals surface area contributed by atoms with Crippen LogP contribution in [0.1, 0.15) is 15.9 Å². The highest BCUT2D eigenvalue weighted by Gasteiger charge is 2.07. The number of rotatable bonds is 4. The third kappa shape index (κ3) is 3.39. The Morgan fingerprint density at radius 3 is 2.94 bits per heavy atom. The molecule has 0 aliphatic heterocycles. The number of ketones is 1. The Morgan fingerprint density at radius 2 is 2.24 bits per heavy atom. The Bertz CT molecular complexity index is 514. The number of nitrogens with zero attached hydrogens (tertiary/aromatic N) is 2. The van der Waals surface area contributed by atoms with Gasteiger partial charge in [0.1, 0.15) is 5.03 Å². The minimum absolute atomic E-state index is 0.115. The SMILES string of the molecule is Cc1cccc(C(=O)CSc2cnccn2)c1. The third-order valence-corrected chi connectivity index (χ3v) is 3.14. The van der Waals surface area contributed by atoms with E-state index in [2.05, 4.69) is 9.97 Å². The predicted molar refractivity (Wildman–Crippen MR) is 68.3 cm³/mol. The molecule has 2 aromatic rings. The molecule has 0 atom stereocenters. The molecule has 0 spiro atoms. The Hall–Kier alpha value is -1.68. The number of benzene rings is 1. The van der Waals surface area contributed by atoms with Gasteiger partial charge in [0.05, 0.1) is 11.9 Å². The molecule has 1 aromatic carbocycles. The van der Waals surface area contributed by atoms with Gasteiger partial charge in [-0.2, -0.15) is 0 Å². The summed E-state index contributed by atoms with van der Waals surface area (Å²) < 4.78 is 0. The van der Waals surface area contributed by atoms with Crippen molar-refractivity contribution in [3.8, 4) is 0 Å². The standard InChI is InChI=1S/C13H12N2OS/c1-10-3-2-4-11(7-10)12(16)9-17-13-8-14-5-6-15-13/h2-8H,9H2,1H3. The van der Waals surface area contributed by atoms with Crippen LogP contribution in [0.15, 0.2) is 47.9 Å². The summed E-state index contributed by atoms with van der Waals surface area (Å²) in [6.07, 6.45) is 4.90.